The number of fused-ring (bicyclic) bond motifs is 1. The van der Waals surface area contributed by atoms with Crippen molar-refractivity contribution in [3.05, 3.63) is 74.7 Å². The van der Waals surface area contributed by atoms with E-state index in [0.717, 1.165) is 0 Å². The van der Waals surface area contributed by atoms with Gasteiger partial charge in [-0.2, -0.15) is 0 Å². The highest BCUT2D eigenvalue weighted by Crippen LogP contribution is 2.41. The van der Waals surface area contributed by atoms with Crippen molar-refractivity contribution in [2.75, 3.05) is 5.73 Å². The molecule has 1 atom stereocenters. The third-order valence-corrected chi connectivity index (χ3v) is 4.62. The fourth-order valence-corrected chi connectivity index (χ4v) is 3.62. The molecule has 0 saturated heterocycles. The van der Waals surface area contributed by atoms with Gasteiger partial charge in [0.05, 0.1) is 16.0 Å². The van der Waals surface area contributed by atoms with Crippen molar-refractivity contribution in [3.8, 4) is 0 Å². The number of hydrogen-bond acceptors (Lipinski definition) is 4. The molecule has 0 fully saturated rings. The number of nitrogens with zero attached hydrogens (tertiary/aromatic N) is 1. The van der Waals surface area contributed by atoms with Gasteiger partial charge in [0.1, 0.15) is 0 Å². The van der Waals surface area contributed by atoms with Crippen LogP contribution in [0.3, 0.4) is 0 Å². The summed E-state index contributed by atoms with van der Waals surface area (Å²) in [4.78, 5) is 28.3. The number of carboxylic acids is 2. The Morgan fingerprint density at radius 3 is 2.42 bits per heavy atom. The number of nitrogens with two attached hydrogens (primary N) is 1. The Morgan fingerprint density at radius 1 is 1.15 bits per heavy atom. The summed E-state index contributed by atoms with van der Waals surface area (Å²) in [6, 6.07) is 8.89. The molecule has 0 spiro atoms. The molecule has 0 aromatic heterocycles. The summed E-state index contributed by atoms with van der Waals surface area (Å²) in [7, 11) is 0. The van der Waals surface area contributed by atoms with Gasteiger partial charge in [0.25, 0.3) is 0 Å². The molecule has 0 saturated carbocycles. The lowest BCUT2D eigenvalue weighted by molar-refractivity contribution is -0.141. The van der Waals surface area contributed by atoms with Gasteiger partial charge in [-0.25, -0.2) is 9.59 Å². The minimum absolute atomic E-state index is 0.0840. The number of aliphatic carboxylic acids is 2. The van der Waals surface area contributed by atoms with Crippen molar-refractivity contribution >= 4 is 46.4 Å². The second-order valence-corrected chi connectivity index (χ2v) is 6.54. The number of nitrogen functional groups attached to an aromatic ring is 1. The van der Waals surface area contributed by atoms with Crippen LogP contribution in [-0.4, -0.2) is 22.2 Å². The van der Waals surface area contributed by atoms with E-state index in [2.05, 4.69) is 11.6 Å². The molecule has 26 heavy (non-hydrogen) atoms. The fourth-order valence-electron chi connectivity index (χ4n) is 3.04. The van der Waals surface area contributed by atoms with E-state index in [-0.39, 0.29) is 31.8 Å². The Balaban J connectivity index is 2.55. The molecule has 0 unspecified atom stereocenters. The van der Waals surface area contributed by atoms with Crippen LogP contribution in [-0.2, 0) is 15.1 Å². The van der Waals surface area contributed by atoms with E-state index in [1.807, 2.05) is 0 Å². The third-order valence-electron chi connectivity index (χ3n) is 4.11. The lowest BCUT2D eigenvalue weighted by Gasteiger charge is -2.26. The van der Waals surface area contributed by atoms with Crippen LogP contribution in [0, 0.1) is 0 Å². The van der Waals surface area contributed by atoms with Crippen LogP contribution in [0.25, 0.3) is 5.57 Å². The number of anilines is 1. The molecule has 0 bridgehead atoms. The van der Waals surface area contributed by atoms with Gasteiger partial charge in [0, 0.05) is 21.5 Å². The second kappa shape index (κ2) is 6.16. The SMILES string of the molecule is C=C(C(=O)O)C1=c2c(Cl)cc(Cl)cc2=N[C@@]1(C(=O)O)c1cccc(N)c1. The van der Waals surface area contributed by atoms with Crippen LogP contribution >= 0.6 is 23.2 Å². The third kappa shape index (κ3) is 2.55. The molecule has 3 rings (SSSR count). The van der Waals surface area contributed by atoms with E-state index < -0.39 is 23.1 Å². The van der Waals surface area contributed by atoms with Crippen molar-refractivity contribution in [1.29, 1.82) is 0 Å². The molecule has 1 heterocycles. The monoisotopic (exact) mass is 390 g/mol. The van der Waals surface area contributed by atoms with Crippen LogP contribution < -0.4 is 16.3 Å². The lowest BCUT2D eigenvalue weighted by Crippen LogP contribution is -2.37. The summed E-state index contributed by atoms with van der Waals surface area (Å²) in [5.74, 6) is -2.77. The molecule has 132 valence electrons. The zero-order chi connectivity index (χ0) is 19.2. The van der Waals surface area contributed by atoms with E-state index in [1.165, 1.54) is 24.3 Å². The van der Waals surface area contributed by atoms with Gasteiger partial charge in [-0.3, -0.25) is 4.99 Å². The Labute approximate surface area is 157 Å². The van der Waals surface area contributed by atoms with E-state index in [9.17, 15) is 19.8 Å². The van der Waals surface area contributed by atoms with E-state index in [0.29, 0.717) is 5.69 Å². The largest absolute Gasteiger partial charge is 0.479 e. The van der Waals surface area contributed by atoms with Gasteiger partial charge >= 0.3 is 11.9 Å². The summed E-state index contributed by atoms with van der Waals surface area (Å²) in [5, 5.41) is 20.2. The molecule has 8 heteroatoms. The molecule has 2 aromatic carbocycles. The normalized spacial score (nSPS) is 18.2. The molecule has 0 aliphatic carbocycles. The minimum atomic E-state index is -2.05. The van der Waals surface area contributed by atoms with Gasteiger partial charge in [-0.1, -0.05) is 41.9 Å². The molecule has 1 aliphatic heterocycles. The zero-order valence-corrected chi connectivity index (χ0v) is 14.7. The van der Waals surface area contributed by atoms with Crippen LogP contribution in [0.15, 0.2) is 53.5 Å². The van der Waals surface area contributed by atoms with Crippen molar-refractivity contribution < 1.29 is 19.8 Å². The van der Waals surface area contributed by atoms with Gasteiger partial charge in [0.2, 0.25) is 5.54 Å². The first-order valence-electron chi connectivity index (χ1n) is 7.30. The molecule has 2 aromatic rings. The Morgan fingerprint density at radius 2 is 1.85 bits per heavy atom. The maximum Gasteiger partial charge on any atom is 0.341 e. The topological polar surface area (TPSA) is 113 Å². The molecule has 6 nitrogen and oxygen atoms in total. The summed E-state index contributed by atoms with van der Waals surface area (Å²) >= 11 is 12.3. The number of carboxylic acid groups (broad SMARTS) is 2. The van der Waals surface area contributed by atoms with E-state index >= 15 is 0 Å². The quantitative estimate of drug-likeness (QED) is 0.545. The average Bonchev–Trinajstić information content (AvgIpc) is 2.90. The summed E-state index contributed by atoms with van der Waals surface area (Å²) in [6.45, 7) is 3.54. The zero-order valence-electron chi connectivity index (χ0n) is 13.2. The highest BCUT2D eigenvalue weighted by molar-refractivity contribution is 6.35. The van der Waals surface area contributed by atoms with Crippen LogP contribution in [0.4, 0.5) is 5.69 Å². The molecule has 1 aliphatic rings. The minimum Gasteiger partial charge on any atom is -0.479 e. The first-order chi connectivity index (χ1) is 12.2. The predicted molar refractivity (Wildman–Crippen MR) is 97.6 cm³/mol. The molecule has 0 amide bonds. The van der Waals surface area contributed by atoms with Gasteiger partial charge < -0.3 is 15.9 Å². The smallest absolute Gasteiger partial charge is 0.341 e. The summed E-state index contributed by atoms with van der Waals surface area (Å²) in [6.07, 6.45) is 0. The van der Waals surface area contributed by atoms with Crippen LogP contribution in [0.2, 0.25) is 10.0 Å². The summed E-state index contributed by atoms with van der Waals surface area (Å²) < 4.78 is 0. The Bertz CT molecular complexity index is 1110. The van der Waals surface area contributed by atoms with Crippen molar-refractivity contribution in [3.63, 3.8) is 0 Å². The number of hydrogen-bond donors (Lipinski definition) is 3. The Kier molecular flexibility index (Phi) is 4.26. The highest BCUT2D eigenvalue weighted by atomic mass is 35.5. The molecular formula is C18H12Cl2N2O4. The maximum atomic E-state index is 12.4. The number of carbonyl (C=O) groups is 2. The fraction of sp³-hybridized carbons (Fsp3) is 0.0556. The predicted octanol–water partition coefficient (Wildman–Crippen LogP) is 1.98. The maximum absolute atomic E-state index is 12.4. The molecule has 0 radical (unpaired) electrons. The first-order valence-corrected chi connectivity index (χ1v) is 8.05. The standard InChI is InChI=1S/C18H12Cl2N2O4/c1-8(16(23)24)15-14-12(20)6-10(19)7-13(14)22-18(15,17(25)26)9-3-2-4-11(21)5-9/h2-7H,1,21H2,(H,23,24)(H,25,26)/t18-/m0/s1. The van der Waals surface area contributed by atoms with Crippen LogP contribution in [0.5, 0.6) is 0 Å². The van der Waals surface area contributed by atoms with Gasteiger partial charge in [-0.05, 0) is 29.8 Å². The van der Waals surface area contributed by atoms with E-state index in [1.54, 1.807) is 12.1 Å². The van der Waals surface area contributed by atoms with Crippen LogP contribution in [0.1, 0.15) is 5.56 Å². The number of halogens is 2. The Hall–Kier alpha value is -2.83. The van der Waals surface area contributed by atoms with Gasteiger partial charge in [-0.15, -0.1) is 0 Å². The molecule has 4 N–H and O–H groups in total. The summed E-state index contributed by atoms with van der Waals surface area (Å²) in [5.41, 5.74) is 3.68. The van der Waals surface area contributed by atoms with Crippen molar-refractivity contribution in [1.82, 2.24) is 0 Å². The highest BCUT2D eigenvalue weighted by Gasteiger charge is 2.49. The lowest BCUT2D eigenvalue weighted by atomic mass is 9.80. The average molecular weight is 391 g/mol. The first kappa shape index (κ1) is 18.0. The van der Waals surface area contributed by atoms with Crippen molar-refractivity contribution in [2.24, 2.45) is 4.99 Å². The van der Waals surface area contributed by atoms with E-state index in [4.69, 9.17) is 28.9 Å². The number of benzene rings is 2. The number of rotatable bonds is 4. The van der Waals surface area contributed by atoms with Crippen molar-refractivity contribution in [2.45, 2.75) is 5.54 Å². The second-order valence-electron chi connectivity index (χ2n) is 5.69. The molecular weight excluding hydrogens is 379 g/mol. The van der Waals surface area contributed by atoms with Gasteiger partial charge in [0.15, 0.2) is 0 Å².